The van der Waals surface area contributed by atoms with Crippen LogP contribution < -0.4 is 5.32 Å². The first-order chi connectivity index (χ1) is 8.45. The molecule has 1 nitrogen and oxygen atoms in total. The Morgan fingerprint density at radius 3 is 1.41 bits per heavy atom. The molecule has 0 saturated carbocycles. The fourth-order valence-corrected chi connectivity index (χ4v) is 1.28. The molecule has 80 valence electrons. The van der Waals surface area contributed by atoms with Gasteiger partial charge >= 0.3 is 0 Å². The average molecular weight is 217 g/mol. The van der Waals surface area contributed by atoms with Crippen molar-refractivity contribution >= 4 is 0 Å². The van der Waals surface area contributed by atoms with E-state index in [2.05, 4.69) is 29.2 Å². The van der Waals surface area contributed by atoms with Gasteiger partial charge in [0, 0.05) is 23.2 Å². The third kappa shape index (κ3) is 3.78. The Morgan fingerprint density at radius 2 is 1.00 bits per heavy atom. The molecule has 0 unspecified atom stereocenters. The average Bonchev–Trinajstić information content (AvgIpc) is 2.41. The van der Waals surface area contributed by atoms with Gasteiger partial charge in [0.15, 0.2) is 0 Å². The van der Waals surface area contributed by atoms with E-state index >= 15 is 0 Å². The smallest absolute Gasteiger partial charge is 0.0264 e. The highest BCUT2D eigenvalue weighted by molar-refractivity contribution is 5.36. The van der Waals surface area contributed by atoms with Crippen LogP contribution in [0.15, 0.2) is 60.7 Å². The Kier molecular flexibility index (Phi) is 3.87. The minimum atomic E-state index is 0.974. The summed E-state index contributed by atoms with van der Waals surface area (Å²) >= 11 is 0. The van der Waals surface area contributed by atoms with E-state index in [-0.39, 0.29) is 0 Å². The highest BCUT2D eigenvalue weighted by Crippen LogP contribution is 1.94. The maximum atomic E-state index is 2.97. The van der Waals surface area contributed by atoms with Gasteiger partial charge in [-0.25, -0.2) is 0 Å². The molecule has 0 saturated heterocycles. The maximum absolute atomic E-state index is 2.97. The predicted molar refractivity (Wildman–Crippen MR) is 69.8 cm³/mol. The first-order valence-corrected chi connectivity index (χ1v) is 5.32. The van der Waals surface area contributed by atoms with E-state index in [1.807, 2.05) is 60.7 Å². The Hall–Kier alpha value is -2.64. The molecule has 0 bridgehead atoms. The van der Waals surface area contributed by atoms with Crippen LogP contribution in [-0.4, -0.2) is 0 Å². The summed E-state index contributed by atoms with van der Waals surface area (Å²) in [4.78, 5) is 0. The molecule has 2 aromatic carbocycles. The van der Waals surface area contributed by atoms with Crippen molar-refractivity contribution in [1.82, 2.24) is 5.32 Å². The van der Waals surface area contributed by atoms with Crippen molar-refractivity contribution in [3.8, 4) is 23.9 Å². The topological polar surface area (TPSA) is 12.0 Å². The molecule has 0 fully saturated rings. The third-order valence-electron chi connectivity index (χ3n) is 2.09. The van der Waals surface area contributed by atoms with Gasteiger partial charge in [-0.15, -0.1) is 0 Å². The standard InChI is InChI=1S/C16H11N/c1-3-7-15(8-4-1)11-13-17-14-12-16-9-5-2-6-10-16/h1-10,17H. The summed E-state index contributed by atoms with van der Waals surface area (Å²) in [6, 6.07) is 25.2. The second-order valence-corrected chi connectivity index (χ2v) is 3.36. The van der Waals surface area contributed by atoms with Gasteiger partial charge < -0.3 is 0 Å². The molecule has 2 aromatic rings. The number of benzene rings is 2. The van der Waals surface area contributed by atoms with E-state index in [0.29, 0.717) is 0 Å². The molecule has 1 heteroatoms. The molecular weight excluding hydrogens is 206 g/mol. The van der Waals surface area contributed by atoms with Crippen LogP contribution in [0.2, 0.25) is 0 Å². The van der Waals surface area contributed by atoms with Crippen LogP contribution >= 0.6 is 0 Å². The Morgan fingerprint density at radius 1 is 0.588 bits per heavy atom. The SMILES string of the molecule is C(#Cc1ccccc1)NC#Cc1ccccc1. The Balaban J connectivity index is 1.93. The van der Waals surface area contributed by atoms with Gasteiger partial charge in [-0.1, -0.05) is 36.4 Å². The fraction of sp³-hybridized carbons (Fsp3) is 0. The highest BCUT2D eigenvalue weighted by atomic mass is 14.8. The lowest BCUT2D eigenvalue weighted by molar-refractivity contribution is 1.33. The first-order valence-electron chi connectivity index (χ1n) is 5.32. The minimum Gasteiger partial charge on any atom is -0.273 e. The van der Waals surface area contributed by atoms with Crippen LogP contribution in [0.5, 0.6) is 0 Å². The van der Waals surface area contributed by atoms with Crippen LogP contribution in [0.3, 0.4) is 0 Å². The van der Waals surface area contributed by atoms with Crippen LogP contribution in [-0.2, 0) is 0 Å². The molecule has 0 radical (unpaired) electrons. The first kappa shape index (κ1) is 10.9. The quantitative estimate of drug-likeness (QED) is 0.528. The van der Waals surface area contributed by atoms with Gasteiger partial charge in [0.1, 0.15) is 0 Å². The number of nitrogens with one attached hydrogen (secondary N) is 1. The molecule has 0 spiro atoms. The molecule has 17 heavy (non-hydrogen) atoms. The monoisotopic (exact) mass is 217 g/mol. The Labute approximate surface area is 101 Å². The zero-order valence-electron chi connectivity index (χ0n) is 9.27. The summed E-state index contributed by atoms with van der Waals surface area (Å²) in [5.41, 5.74) is 1.95. The molecule has 2 rings (SSSR count). The van der Waals surface area contributed by atoms with E-state index in [0.717, 1.165) is 11.1 Å². The molecular formula is C16H11N. The zero-order valence-corrected chi connectivity index (χ0v) is 9.27. The van der Waals surface area contributed by atoms with Crippen molar-refractivity contribution in [2.45, 2.75) is 0 Å². The second-order valence-electron chi connectivity index (χ2n) is 3.36. The molecule has 0 aliphatic heterocycles. The maximum Gasteiger partial charge on any atom is 0.0264 e. The Bertz CT molecular complexity index is 522. The summed E-state index contributed by atoms with van der Waals surface area (Å²) in [5, 5.41) is 2.76. The summed E-state index contributed by atoms with van der Waals surface area (Å²) in [6.45, 7) is 0. The normalized spacial score (nSPS) is 8.24. The van der Waals surface area contributed by atoms with Crippen LogP contribution in [0, 0.1) is 23.9 Å². The lowest BCUT2D eigenvalue weighted by atomic mass is 10.2. The molecule has 0 aromatic heterocycles. The molecule has 0 atom stereocenters. The molecule has 1 N–H and O–H groups in total. The number of hydrogen-bond donors (Lipinski definition) is 1. The van der Waals surface area contributed by atoms with Crippen LogP contribution in [0.25, 0.3) is 0 Å². The van der Waals surface area contributed by atoms with Gasteiger partial charge in [-0.3, -0.25) is 5.32 Å². The van der Waals surface area contributed by atoms with E-state index < -0.39 is 0 Å². The number of rotatable bonds is 0. The van der Waals surface area contributed by atoms with Crippen molar-refractivity contribution in [1.29, 1.82) is 0 Å². The molecule has 0 aliphatic carbocycles. The van der Waals surface area contributed by atoms with E-state index in [9.17, 15) is 0 Å². The molecule has 0 aliphatic rings. The van der Waals surface area contributed by atoms with Gasteiger partial charge in [-0.2, -0.15) is 0 Å². The molecule has 0 heterocycles. The summed E-state index contributed by atoms with van der Waals surface area (Å²) < 4.78 is 0. The van der Waals surface area contributed by atoms with E-state index in [1.165, 1.54) is 0 Å². The predicted octanol–water partition coefficient (Wildman–Crippen LogP) is 2.59. The van der Waals surface area contributed by atoms with Crippen molar-refractivity contribution in [3.63, 3.8) is 0 Å². The lowest BCUT2D eigenvalue weighted by Crippen LogP contribution is -1.93. The van der Waals surface area contributed by atoms with E-state index in [1.54, 1.807) is 0 Å². The summed E-state index contributed by atoms with van der Waals surface area (Å²) in [5.74, 6) is 5.93. The highest BCUT2D eigenvalue weighted by Gasteiger charge is 1.81. The van der Waals surface area contributed by atoms with Crippen molar-refractivity contribution in [3.05, 3.63) is 71.8 Å². The summed E-state index contributed by atoms with van der Waals surface area (Å²) in [7, 11) is 0. The fourth-order valence-electron chi connectivity index (χ4n) is 1.28. The largest absolute Gasteiger partial charge is 0.273 e. The van der Waals surface area contributed by atoms with Gasteiger partial charge in [0.05, 0.1) is 0 Å². The molecule has 0 amide bonds. The van der Waals surface area contributed by atoms with Gasteiger partial charge in [-0.05, 0) is 36.1 Å². The van der Waals surface area contributed by atoms with Crippen molar-refractivity contribution in [2.24, 2.45) is 0 Å². The van der Waals surface area contributed by atoms with Gasteiger partial charge in [0.25, 0.3) is 0 Å². The van der Waals surface area contributed by atoms with Crippen molar-refractivity contribution < 1.29 is 0 Å². The zero-order chi connectivity index (χ0) is 11.8. The summed E-state index contributed by atoms with van der Waals surface area (Å²) in [6.07, 6.45) is 0. The van der Waals surface area contributed by atoms with Gasteiger partial charge in [0.2, 0.25) is 0 Å². The third-order valence-corrected chi connectivity index (χ3v) is 2.09. The van der Waals surface area contributed by atoms with Crippen molar-refractivity contribution in [2.75, 3.05) is 0 Å². The second kappa shape index (κ2) is 6.05. The van der Waals surface area contributed by atoms with Crippen LogP contribution in [0.4, 0.5) is 0 Å². The lowest BCUT2D eigenvalue weighted by Gasteiger charge is -1.86. The minimum absolute atomic E-state index is 0.974. The number of hydrogen-bond acceptors (Lipinski definition) is 1. The van der Waals surface area contributed by atoms with Crippen LogP contribution in [0.1, 0.15) is 11.1 Å². The van der Waals surface area contributed by atoms with E-state index in [4.69, 9.17) is 0 Å².